The third-order valence-corrected chi connectivity index (χ3v) is 4.89. The summed E-state index contributed by atoms with van der Waals surface area (Å²) < 4.78 is 0. The van der Waals surface area contributed by atoms with Crippen LogP contribution in [0.25, 0.3) is 0 Å². The normalized spacial score (nSPS) is 22.7. The maximum Gasteiger partial charge on any atom is 0.0931 e. The molecule has 3 heterocycles. The maximum atomic E-state index is 9.51. The van der Waals surface area contributed by atoms with Crippen molar-refractivity contribution in [1.82, 2.24) is 9.88 Å². The van der Waals surface area contributed by atoms with Crippen LogP contribution in [0.3, 0.4) is 0 Å². The zero-order valence-electron chi connectivity index (χ0n) is 13.0. The third kappa shape index (κ3) is 3.74. The molecule has 0 amide bonds. The molecule has 0 aliphatic carbocycles. The molecule has 2 aliphatic heterocycles. The second-order valence-corrected chi connectivity index (χ2v) is 6.56. The summed E-state index contributed by atoms with van der Waals surface area (Å²) in [5, 5.41) is 9.51. The van der Waals surface area contributed by atoms with E-state index in [4.69, 9.17) is 0 Å². The summed E-state index contributed by atoms with van der Waals surface area (Å²) in [6.07, 6.45) is 6.78. The Labute approximate surface area is 127 Å². The average Bonchev–Trinajstić information content (AvgIpc) is 3.01. The first-order valence-electron chi connectivity index (χ1n) is 8.33. The number of rotatable bonds is 4. The maximum absolute atomic E-state index is 9.51. The van der Waals surface area contributed by atoms with Gasteiger partial charge in [0.2, 0.25) is 0 Å². The van der Waals surface area contributed by atoms with Crippen LogP contribution in [0, 0.1) is 5.92 Å². The molecule has 0 aromatic carbocycles. The van der Waals surface area contributed by atoms with Gasteiger partial charge in [-0.25, -0.2) is 0 Å². The van der Waals surface area contributed by atoms with Gasteiger partial charge >= 0.3 is 0 Å². The Balaban J connectivity index is 1.50. The zero-order valence-corrected chi connectivity index (χ0v) is 13.0. The van der Waals surface area contributed by atoms with Crippen LogP contribution >= 0.6 is 0 Å². The first-order chi connectivity index (χ1) is 10.2. The molecule has 0 bridgehead atoms. The van der Waals surface area contributed by atoms with Gasteiger partial charge < -0.3 is 14.9 Å². The van der Waals surface area contributed by atoms with E-state index in [0.717, 1.165) is 24.7 Å². The van der Waals surface area contributed by atoms with Crippen molar-refractivity contribution in [1.29, 1.82) is 0 Å². The van der Waals surface area contributed by atoms with Gasteiger partial charge in [-0.3, -0.25) is 4.98 Å². The van der Waals surface area contributed by atoms with E-state index in [-0.39, 0.29) is 0 Å². The van der Waals surface area contributed by atoms with E-state index in [9.17, 15) is 5.11 Å². The van der Waals surface area contributed by atoms with Crippen LogP contribution in [-0.2, 0) is 0 Å². The summed E-state index contributed by atoms with van der Waals surface area (Å²) in [4.78, 5) is 9.42. The lowest BCUT2D eigenvalue weighted by Crippen LogP contribution is -2.38. The van der Waals surface area contributed by atoms with Crippen molar-refractivity contribution >= 4 is 5.69 Å². The molecule has 116 valence electrons. The van der Waals surface area contributed by atoms with Gasteiger partial charge in [-0.15, -0.1) is 0 Å². The van der Waals surface area contributed by atoms with E-state index in [1.807, 2.05) is 12.3 Å². The lowest BCUT2D eigenvalue weighted by molar-refractivity contribution is 0.194. The fraction of sp³-hybridized carbons (Fsp3) is 0.706. The fourth-order valence-corrected chi connectivity index (χ4v) is 3.54. The van der Waals surface area contributed by atoms with Gasteiger partial charge in [0.25, 0.3) is 0 Å². The molecule has 4 heteroatoms. The topological polar surface area (TPSA) is 39.6 Å². The van der Waals surface area contributed by atoms with E-state index in [0.29, 0.717) is 0 Å². The van der Waals surface area contributed by atoms with Gasteiger partial charge in [0, 0.05) is 19.6 Å². The van der Waals surface area contributed by atoms with E-state index < -0.39 is 6.10 Å². The summed E-state index contributed by atoms with van der Waals surface area (Å²) in [5.74, 6) is 0.865. The molecule has 0 radical (unpaired) electrons. The van der Waals surface area contributed by atoms with Crippen LogP contribution in [-0.4, -0.2) is 47.7 Å². The molecule has 1 N–H and O–H groups in total. The summed E-state index contributed by atoms with van der Waals surface area (Å²) in [6, 6.07) is 4.03. The Hall–Kier alpha value is -1.13. The molecule has 0 spiro atoms. The van der Waals surface area contributed by atoms with Crippen LogP contribution in [0.1, 0.15) is 44.4 Å². The van der Waals surface area contributed by atoms with E-state index in [1.54, 1.807) is 6.92 Å². The Morgan fingerprint density at radius 1 is 1.19 bits per heavy atom. The second-order valence-electron chi connectivity index (χ2n) is 6.56. The fourth-order valence-electron chi connectivity index (χ4n) is 3.54. The highest BCUT2D eigenvalue weighted by atomic mass is 16.3. The van der Waals surface area contributed by atoms with Crippen LogP contribution < -0.4 is 4.90 Å². The third-order valence-electron chi connectivity index (χ3n) is 4.89. The monoisotopic (exact) mass is 289 g/mol. The minimum atomic E-state index is -0.481. The molecule has 1 aromatic rings. The van der Waals surface area contributed by atoms with Crippen LogP contribution in [0.5, 0.6) is 0 Å². The summed E-state index contributed by atoms with van der Waals surface area (Å²) in [6.45, 7) is 7.94. The van der Waals surface area contributed by atoms with Crippen molar-refractivity contribution in [2.75, 3.05) is 37.6 Å². The van der Waals surface area contributed by atoms with Crippen molar-refractivity contribution < 1.29 is 5.11 Å². The lowest BCUT2D eigenvalue weighted by atomic mass is 9.96. The predicted molar refractivity (Wildman–Crippen MR) is 85.5 cm³/mol. The summed E-state index contributed by atoms with van der Waals surface area (Å²) in [7, 11) is 0. The average molecular weight is 289 g/mol. The number of pyridine rings is 1. The Kier molecular flexibility index (Phi) is 4.76. The minimum absolute atomic E-state index is 0.481. The second kappa shape index (κ2) is 6.75. The Morgan fingerprint density at radius 2 is 1.90 bits per heavy atom. The number of anilines is 1. The van der Waals surface area contributed by atoms with Gasteiger partial charge in [-0.1, -0.05) is 0 Å². The Morgan fingerprint density at radius 3 is 2.48 bits per heavy atom. The van der Waals surface area contributed by atoms with Crippen molar-refractivity contribution in [2.24, 2.45) is 5.92 Å². The standard InChI is InChI=1S/C17H27N3O/c1-14(21)17-5-4-16(12-18-17)20-10-6-15(7-11-20)13-19-8-2-3-9-19/h4-5,12,14-15,21H,2-3,6-11,13H2,1H3/t14-/m0/s1. The molecule has 2 aliphatic rings. The largest absolute Gasteiger partial charge is 0.387 e. The van der Waals surface area contributed by atoms with Gasteiger partial charge in [0.15, 0.2) is 0 Å². The number of aliphatic hydroxyl groups excluding tert-OH is 1. The zero-order chi connectivity index (χ0) is 14.7. The van der Waals surface area contributed by atoms with Crippen LogP contribution in [0.2, 0.25) is 0 Å². The molecule has 2 saturated heterocycles. The highest BCUT2D eigenvalue weighted by Gasteiger charge is 2.23. The van der Waals surface area contributed by atoms with Gasteiger partial charge in [-0.05, 0) is 63.7 Å². The molecule has 3 rings (SSSR count). The molecule has 1 aromatic heterocycles. The lowest BCUT2D eigenvalue weighted by Gasteiger charge is -2.35. The highest BCUT2D eigenvalue weighted by molar-refractivity contribution is 5.45. The van der Waals surface area contributed by atoms with Crippen LogP contribution in [0.15, 0.2) is 18.3 Å². The molecule has 1 atom stereocenters. The van der Waals surface area contributed by atoms with Crippen molar-refractivity contribution in [3.8, 4) is 0 Å². The van der Waals surface area contributed by atoms with Crippen molar-refractivity contribution in [3.63, 3.8) is 0 Å². The molecular formula is C17H27N3O. The van der Waals surface area contributed by atoms with Gasteiger partial charge in [-0.2, -0.15) is 0 Å². The number of likely N-dealkylation sites (tertiary alicyclic amines) is 1. The number of hydrogen-bond donors (Lipinski definition) is 1. The highest BCUT2D eigenvalue weighted by Crippen LogP contribution is 2.25. The molecule has 0 unspecified atom stereocenters. The molecule has 21 heavy (non-hydrogen) atoms. The number of hydrogen-bond acceptors (Lipinski definition) is 4. The summed E-state index contributed by atoms with van der Waals surface area (Å²) in [5.41, 5.74) is 1.95. The quantitative estimate of drug-likeness (QED) is 0.924. The van der Waals surface area contributed by atoms with E-state index in [1.165, 1.54) is 51.0 Å². The van der Waals surface area contributed by atoms with Gasteiger partial charge in [0.05, 0.1) is 23.7 Å². The van der Waals surface area contributed by atoms with E-state index >= 15 is 0 Å². The smallest absolute Gasteiger partial charge is 0.0931 e. The summed E-state index contributed by atoms with van der Waals surface area (Å²) >= 11 is 0. The number of aliphatic hydroxyl groups is 1. The van der Waals surface area contributed by atoms with Crippen LogP contribution in [0.4, 0.5) is 5.69 Å². The Bertz CT molecular complexity index is 432. The first kappa shape index (κ1) is 14.8. The first-order valence-corrected chi connectivity index (χ1v) is 8.33. The molecule has 0 saturated carbocycles. The number of piperidine rings is 1. The number of nitrogens with zero attached hydrogens (tertiary/aromatic N) is 3. The van der Waals surface area contributed by atoms with Crippen molar-refractivity contribution in [2.45, 2.75) is 38.7 Å². The molecule has 2 fully saturated rings. The minimum Gasteiger partial charge on any atom is -0.387 e. The number of aromatic nitrogens is 1. The predicted octanol–water partition coefficient (Wildman–Crippen LogP) is 2.45. The molecule has 4 nitrogen and oxygen atoms in total. The van der Waals surface area contributed by atoms with Gasteiger partial charge in [0.1, 0.15) is 0 Å². The van der Waals surface area contributed by atoms with Crippen molar-refractivity contribution in [3.05, 3.63) is 24.0 Å². The molecular weight excluding hydrogens is 262 g/mol. The van der Waals surface area contributed by atoms with E-state index in [2.05, 4.69) is 20.9 Å². The SMILES string of the molecule is C[C@H](O)c1ccc(N2CCC(CN3CCCC3)CC2)cn1.